The number of aryl methyl sites for hydroxylation is 5. The van der Waals surface area contributed by atoms with Crippen molar-refractivity contribution in [1.82, 2.24) is 0 Å². The molecule has 0 aliphatic carbocycles. The molecule has 0 saturated carbocycles. The van der Waals surface area contributed by atoms with Gasteiger partial charge < -0.3 is 0 Å². The minimum Gasteiger partial charge on any atom is -0.0619 e. The molecule has 0 aliphatic rings. The largest absolute Gasteiger partial charge is 0.169 e. The number of rotatable bonds is 16. The summed E-state index contributed by atoms with van der Waals surface area (Å²) in [4.78, 5) is 20.7. The third kappa shape index (κ3) is 25.6. The van der Waals surface area contributed by atoms with E-state index >= 15 is 0 Å². The Balaban J connectivity index is 0.000000149. The topological polar surface area (TPSA) is 0 Å². The van der Waals surface area contributed by atoms with Crippen LogP contribution in [0.5, 0.6) is 0 Å². The maximum absolute atomic E-state index is 2.33. The van der Waals surface area contributed by atoms with Gasteiger partial charge in [0.25, 0.3) is 0 Å². The third-order valence-electron chi connectivity index (χ3n) is 21.3. The molecule has 0 fully saturated rings. The van der Waals surface area contributed by atoms with Crippen molar-refractivity contribution < 1.29 is 0 Å². The minimum absolute atomic E-state index is 0.0249. The summed E-state index contributed by atoms with van der Waals surface area (Å²) in [6.07, 6.45) is 1.09. The fourth-order valence-electron chi connectivity index (χ4n) is 14.1. The molecule has 0 bridgehead atoms. The Hall–Kier alpha value is -9.95. The number of hydrogen-bond acceptors (Lipinski definition) is 0. The summed E-state index contributed by atoms with van der Waals surface area (Å²) in [5, 5.41) is 0. The van der Waals surface area contributed by atoms with Gasteiger partial charge >= 0.3 is 0 Å². The summed E-state index contributed by atoms with van der Waals surface area (Å²) < 4.78 is 0. The summed E-state index contributed by atoms with van der Waals surface area (Å²) >= 11 is 0. The van der Waals surface area contributed by atoms with Gasteiger partial charge in [-0.1, -0.05) is 346 Å². The van der Waals surface area contributed by atoms with Crippen LogP contribution in [0, 0.1) is 27.7 Å². The molecule has 0 atom stereocenters. The van der Waals surface area contributed by atoms with E-state index in [1.165, 1.54) is 129 Å². The second kappa shape index (κ2) is 42.2. The second-order valence-corrected chi connectivity index (χ2v) is 46.2. The van der Waals surface area contributed by atoms with Gasteiger partial charge in [-0.05, 0) is 264 Å². The van der Waals surface area contributed by atoms with E-state index in [1.807, 2.05) is 0 Å². The van der Waals surface area contributed by atoms with Gasteiger partial charge in [0.2, 0.25) is 0 Å². The van der Waals surface area contributed by atoms with Crippen molar-refractivity contribution in [2.75, 3.05) is 0 Å². The summed E-state index contributed by atoms with van der Waals surface area (Å²) in [6, 6.07) is 145. The zero-order valence-corrected chi connectivity index (χ0v) is 79.4. The molecule has 0 N–H and O–H groups in total. The Bertz CT molecular complexity index is 5290. The van der Waals surface area contributed by atoms with Crippen LogP contribution >= 0.6 is 0 Å². The van der Waals surface area contributed by atoms with Crippen LogP contribution in [0.4, 0.5) is 0 Å². The first-order valence-electron chi connectivity index (χ1n) is 42.7. The summed E-state index contributed by atoms with van der Waals surface area (Å²) in [6.45, 7) is 45.0. The average molecular weight is 1680 g/mol. The lowest BCUT2D eigenvalue weighted by Gasteiger charge is -2.21. The van der Waals surface area contributed by atoms with Crippen molar-refractivity contribution in [2.24, 2.45) is 0 Å². The lowest BCUT2D eigenvalue weighted by atomic mass is 9.87. The highest BCUT2D eigenvalue weighted by atomic mass is 32.2. The monoisotopic (exact) mass is 1680 g/mol. The van der Waals surface area contributed by atoms with Crippen LogP contribution in [0.2, 0.25) is 0 Å². The van der Waals surface area contributed by atoms with Gasteiger partial charge in [-0.25, -0.2) is 0 Å². The molecule has 0 radical (unpaired) electrons. The van der Waals surface area contributed by atoms with Crippen LogP contribution in [-0.4, -0.2) is 0 Å². The first-order chi connectivity index (χ1) is 57.8. The van der Waals surface area contributed by atoms with Crippen molar-refractivity contribution in [3.05, 3.63) is 450 Å². The van der Waals surface area contributed by atoms with Gasteiger partial charge in [-0.2, -0.15) is 0 Å². The standard InChI is InChI=1S/C30H39S.C27H33S.2C20H19S.C19H17S/c1-28(2,3)22-10-16-25(17-11-22)31(26-18-12-23(13-19-26)29(4,5)6)27-20-14-24(15-21-27)30(7,8)9;1-20-8-14-23(15-9-20)28(24-16-10-21(11-17-24)26(2,3)4)25-18-12-22(13-19-25)27(5,6)7;1-16-13-14-20(17(2)15-16)21(18-9-5-3-6-10-18)19-11-7-4-8-12-19;1-2-17-13-15-20(16-14-17)21(18-9-5-3-6-10-18)19-11-7-4-8-12-19;1-16-10-8-9-15-19(16)20(17-11-4-2-5-12-17)18-13-6-3-7-14-18/h10-21H,1-9H3;8-19H,1-7H3;3-15H,1-2H3;3-16H,2H2,1H3;2-15H,1H3/q5*+1. The SMILES string of the molecule is CC(C)(C)c1ccc([S+](c2ccc(C(C)(C)C)cc2)c2ccc(C(C)(C)C)cc2)cc1.CCc1ccc([S+](c2ccccc2)c2ccccc2)cc1.Cc1ccc([S+](c2ccc(C(C)(C)C)cc2)c2ccc(C(C)(C)C)cc2)cc1.Cc1ccc([S+](c2ccccc2)c2ccccc2)c(C)c1.Cc1ccccc1[S+](c1ccccc1)c1ccccc1. The molecule has 15 rings (SSSR count). The minimum atomic E-state index is -0.120. The highest BCUT2D eigenvalue weighted by Crippen LogP contribution is 2.41. The molecule has 0 spiro atoms. The van der Waals surface area contributed by atoms with Crippen LogP contribution < -0.4 is 0 Å². The Morgan fingerprint density at radius 1 is 0.174 bits per heavy atom. The molecular formula is C116H127S5+5. The highest BCUT2D eigenvalue weighted by Gasteiger charge is 2.36. The number of hydrogen-bond donors (Lipinski definition) is 0. The van der Waals surface area contributed by atoms with E-state index in [-0.39, 0.29) is 81.5 Å². The van der Waals surface area contributed by atoms with Gasteiger partial charge in [0.1, 0.15) is 0 Å². The molecule has 0 amide bonds. The molecule has 5 heteroatoms. The van der Waals surface area contributed by atoms with Crippen LogP contribution in [0.25, 0.3) is 0 Å². The maximum Gasteiger partial charge on any atom is 0.169 e. The molecule has 0 unspecified atom stereocenters. The fourth-order valence-corrected chi connectivity index (χ4v) is 24.8. The summed E-state index contributed by atoms with van der Waals surface area (Å²) in [5.74, 6) is 0. The van der Waals surface area contributed by atoms with Crippen LogP contribution in [-0.2, 0) is 88.0 Å². The molecule has 0 nitrogen and oxygen atoms in total. The molecule has 0 aliphatic heterocycles. The summed E-state index contributed by atoms with van der Waals surface area (Å²) in [5.41, 5.74) is 14.5. The summed E-state index contributed by atoms with van der Waals surface area (Å²) in [7, 11) is -0.298. The van der Waals surface area contributed by atoms with E-state index in [1.54, 1.807) is 0 Å². The molecule has 0 saturated heterocycles. The van der Waals surface area contributed by atoms with Gasteiger partial charge in [0.05, 0.1) is 54.5 Å². The molecule has 15 aromatic rings. The van der Waals surface area contributed by atoms with E-state index in [0.29, 0.717) is 0 Å². The Morgan fingerprint density at radius 3 is 0.587 bits per heavy atom. The zero-order valence-electron chi connectivity index (χ0n) is 75.3. The van der Waals surface area contributed by atoms with Gasteiger partial charge in [0, 0.05) is 11.1 Å². The average Bonchev–Trinajstić information content (AvgIpc) is 0.790. The molecule has 0 aromatic heterocycles. The van der Waals surface area contributed by atoms with Crippen molar-refractivity contribution in [2.45, 2.75) is 245 Å². The lowest BCUT2D eigenvalue weighted by molar-refractivity contribution is 0.589. The third-order valence-corrected chi connectivity index (χ3v) is 32.8. The van der Waals surface area contributed by atoms with E-state index in [0.717, 1.165) is 6.42 Å². The Morgan fingerprint density at radius 2 is 0.364 bits per heavy atom. The smallest absolute Gasteiger partial charge is 0.0619 e. The maximum atomic E-state index is 2.33. The van der Waals surface area contributed by atoms with Crippen LogP contribution in [0.15, 0.2) is 468 Å². The lowest BCUT2D eigenvalue weighted by Crippen LogP contribution is -2.13. The fraction of sp³-hybridized carbons (Fsp3) is 0.224. The molecule has 616 valence electrons. The van der Waals surface area contributed by atoms with E-state index < -0.39 is 0 Å². The van der Waals surface area contributed by atoms with Gasteiger partial charge in [0.15, 0.2) is 73.4 Å². The van der Waals surface area contributed by atoms with Crippen molar-refractivity contribution in [1.29, 1.82) is 0 Å². The zero-order chi connectivity index (χ0) is 86.5. The van der Waals surface area contributed by atoms with Crippen LogP contribution in [0.3, 0.4) is 0 Å². The first-order valence-corrected chi connectivity index (χ1v) is 48.8. The van der Waals surface area contributed by atoms with Crippen molar-refractivity contribution >= 4 is 54.5 Å². The van der Waals surface area contributed by atoms with Gasteiger partial charge in [-0.3, -0.25) is 0 Å². The van der Waals surface area contributed by atoms with Crippen molar-refractivity contribution in [3.8, 4) is 0 Å². The van der Waals surface area contributed by atoms with Crippen molar-refractivity contribution in [3.63, 3.8) is 0 Å². The highest BCUT2D eigenvalue weighted by molar-refractivity contribution is 7.98. The number of benzene rings is 15. The second-order valence-electron chi connectivity index (χ2n) is 36.1. The van der Waals surface area contributed by atoms with Crippen LogP contribution in [0.1, 0.15) is 166 Å². The predicted molar refractivity (Wildman–Crippen MR) is 529 cm³/mol. The Labute approximate surface area is 743 Å². The van der Waals surface area contributed by atoms with E-state index in [2.05, 4.69) is 533 Å². The van der Waals surface area contributed by atoms with E-state index in [9.17, 15) is 0 Å². The predicted octanol–water partition coefficient (Wildman–Crippen LogP) is 32.2. The Kier molecular flexibility index (Phi) is 32.0. The first kappa shape index (κ1) is 91.8. The van der Waals surface area contributed by atoms with E-state index in [4.69, 9.17) is 0 Å². The normalized spacial score (nSPS) is 11.7. The quantitative estimate of drug-likeness (QED) is 0.0846. The van der Waals surface area contributed by atoms with Gasteiger partial charge in [-0.15, -0.1) is 0 Å². The molecular weight excluding hydrogens is 1550 g/mol. The molecule has 121 heavy (non-hydrogen) atoms. The molecule has 15 aromatic carbocycles. The molecule has 0 heterocycles.